The molecular weight excluding hydrogens is 226 g/mol. The lowest BCUT2D eigenvalue weighted by Crippen LogP contribution is -1.87. The predicted octanol–water partition coefficient (Wildman–Crippen LogP) is 3.58. The molecule has 0 radical (unpaired) electrons. The summed E-state index contributed by atoms with van der Waals surface area (Å²) >= 11 is 2.78. The zero-order chi connectivity index (χ0) is 10.2. The third-order valence-corrected chi connectivity index (χ3v) is 3.01. The van der Waals surface area contributed by atoms with Gasteiger partial charge in [0.25, 0.3) is 0 Å². The van der Waals surface area contributed by atoms with E-state index >= 15 is 0 Å². The average molecular weight is 236 g/mol. The Morgan fingerprint density at radius 3 is 3.07 bits per heavy atom. The number of nitrogens with zero attached hydrogens (tertiary/aromatic N) is 2. The molecular formula is C8H10F2N2S2. The summed E-state index contributed by atoms with van der Waals surface area (Å²) in [5.74, 6) is 0. The Kier molecular flexibility index (Phi) is 5.70. The van der Waals surface area contributed by atoms with E-state index in [1.807, 2.05) is 11.5 Å². The maximum atomic E-state index is 11.7. The van der Waals surface area contributed by atoms with Crippen molar-refractivity contribution in [3.63, 3.8) is 0 Å². The third-order valence-electron chi connectivity index (χ3n) is 1.40. The van der Waals surface area contributed by atoms with E-state index in [4.69, 9.17) is 0 Å². The fourth-order valence-corrected chi connectivity index (χ4v) is 1.98. The molecule has 1 heterocycles. The third kappa shape index (κ3) is 5.29. The van der Waals surface area contributed by atoms with Crippen LogP contribution < -0.4 is 0 Å². The average Bonchev–Trinajstić information content (AvgIpc) is 2.63. The lowest BCUT2D eigenvalue weighted by Gasteiger charge is -1.94. The fraction of sp³-hybridized carbons (Fsp3) is 0.500. The molecule has 0 N–H and O–H groups in total. The van der Waals surface area contributed by atoms with Crippen LogP contribution >= 0.6 is 23.3 Å². The van der Waals surface area contributed by atoms with Gasteiger partial charge in [0.2, 0.25) is 6.43 Å². The number of aromatic nitrogens is 2. The molecule has 0 aliphatic carbocycles. The molecule has 0 aliphatic heterocycles. The molecule has 0 atom stereocenters. The van der Waals surface area contributed by atoms with E-state index in [0.717, 1.165) is 4.34 Å². The van der Waals surface area contributed by atoms with Crippen molar-refractivity contribution in [1.29, 1.82) is 0 Å². The number of thioether (sulfide) groups is 1. The quantitative estimate of drug-likeness (QED) is 0.557. The van der Waals surface area contributed by atoms with Crippen LogP contribution in [0.25, 0.3) is 0 Å². The summed E-state index contributed by atoms with van der Waals surface area (Å²) in [6.45, 7) is 0. The van der Waals surface area contributed by atoms with E-state index in [-0.39, 0.29) is 6.42 Å². The highest BCUT2D eigenvalue weighted by atomic mass is 32.2. The van der Waals surface area contributed by atoms with Gasteiger partial charge in [-0.05, 0) is 29.8 Å². The number of allylic oxidation sites excluding steroid dienone is 1. The number of halogens is 2. The number of alkyl halides is 2. The molecule has 78 valence electrons. The van der Waals surface area contributed by atoms with Crippen molar-refractivity contribution < 1.29 is 8.78 Å². The molecule has 0 bridgehead atoms. The minimum absolute atomic E-state index is 0.0200. The van der Waals surface area contributed by atoms with Gasteiger partial charge in [0, 0.05) is 6.42 Å². The van der Waals surface area contributed by atoms with Gasteiger partial charge >= 0.3 is 0 Å². The fourth-order valence-electron chi connectivity index (χ4n) is 0.779. The van der Waals surface area contributed by atoms with Crippen LogP contribution in [0.1, 0.15) is 19.3 Å². The van der Waals surface area contributed by atoms with Crippen molar-refractivity contribution in [3.8, 4) is 0 Å². The molecule has 1 aromatic heterocycles. The zero-order valence-corrected chi connectivity index (χ0v) is 9.03. The van der Waals surface area contributed by atoms with Gasteiger partial charge in [0.15, 0.2) is 4.34 Å². The maximum Gasteiger partial charge on any atom is 0.238 e. The van der Waals surface area contributed by atoms with E-state index in [9.17, 15) is 8.78 Å². The Bertz CT molecular complexity index is 262. The van der Waals surface area contributed by atoms with Crippen molar-refractivity contribution in [2.45, 2.75) is 30.0 Å². The summed E-state index contributed by atoms with van der Waals surface area (Å²) in [4.78, 5) is 3.96. The summed E-state index contributed by atoms with van der Waals surface area (Å²) in [6, 6.07) is 0. The van der Waals surface area contributed by atoms with Crippen molar-refractivity contribution >= 4 is 23.3 Å². The smallest absolute Gasteiger partial charge is 0.216 e. The second kappa shape index (κ2) is 6.89. The number of hydrogen-bond acceptors (Lipinski definition) is 4. The van der Waals surface area contributed by atoms with Gasteiger partial charge in [0.05, 0.1) is 0 Å². The van der Waals surface area contributed by atoms with Crippen LogP contribution in [0.2, 0.25) is 0 Å². The summed E-state index contributed by atoms with van der Waals surface area (Å²) < 4.78 is 28.2. The Hall–Kier alpha value is -0.490. The van der Waals surface area contributed by atoms with E-state index in [0.29, 0.717) is 12.8 Å². The summed E-state index contributed by atoms with van der Waals surface area (Å²) in [6.07, 6.45) is 2.40. The summed E-state index contributed by atoms with van der Waals surface area (Å²) in [5.41, 5.74) is 0. The first-order valence-corrected chi connectivity index (χ1v) is 5.81. The molecule has 0 saturated carbocycles. The molecule has 0 saturated heterocycles. The molecule has 0 aliphatic rings. The van der Waals surface area contributed by atoms with Crippen molar-refractivity contribution in [3.05, 3.63) is 17.8 Å². The molecule has 0 spiro atoms. The lowest BCUT2D eigenvalue weighted by atomic mass is 10.2. The highest BCUT2D eigenvalue weighted by molar-refractivity contribution is 8.03. The minimum Gasteiger partial charge on any atom is -0.216 e. The number of hydrogen-bond donors (Lipinski definition) is 0. The minimum atomic E-state index is -2.18. The lowest BCUT2D eigenvalue weighted by molar-refractivity contribution is 0.135. The van der Waals surface area contributed by atoms with Gasteiger partial charge in [-0.15, -0.1) is 0 Å². The molecule has 0 amide bonds. The van der Waals surface area contributed by atoms with Crippen molar-refractivity contribution in [2.24, 2.45) is 0 Å². The molecule has 1 aromatic rings. The number of rotatable bonds is 6. The number of unbranched alkanes of at least 4 members (excludes halogenated alkanes) is 1. The molecule has 0 aromatic carbocycles. The first-order chi connectivity index (χ1) is 6.79. The largest absolute Gasteiger partial charge is 0.238 e. The normalized spacial score (nSPS) is 11.6. The monoisotopic (exact) mass is 236 g/mol. The highest BCUT2D eigenvalue weighted by Crippen LogP contribution is 2.19. The second-order valence-corrected chi connectivity index (χ2v) is 4.45. The van der Waals surface area contributed by atoms with Gasteiger partial charge in [0.1, 0.15) is 6.33 Å². The van der Waals surface area contributed by atoms with Gasteiger partial charge in [-0.25, -0.2) is 13.8 Å². The summed E-state index contributed by atoms with van der Waals surface area (Å²) in [5, 5.41) is 1.87. The SMILES string of the molecule is FC(F)CCCC=CSc1ncns1. The summed E-state index contributed by atoms with van der Waals surface area (Å²) in [7, 11) is 0. The standard InChI is InChI=1S/C8H10F2N2S2/c9-7(10)4-2-1-3-5-13-8-11-6-12-14-8/h3,5-7H,1-2,4H2. The molecule has 14 heavy (non-hydrogen) atoms. The predicted molar refractivity (Wildman–Crippen MR) is 54.8 cm³/mol. The van der Waals surface area contributed by atoms with Crippen LogP contribution in [0.15, 0.2) is 22.2 Å². The first-order valence-electron chi connectivity index (χ1n) is 4.15. The Morgan fingerprint density at radius 2 is 2.43 bits per heavy atom. The van der Waals surface area contributed by atoms with Crippen LogP contribution in [0.3, 0.4) is 0 Å². The van der Waals surface area contributed by atoms with Gasteiger partial charge in [-0.1, -0.05) is 17.8 Å². The van der Waals surface area contributed by atoms with Gasteiger partial charge in [-0.3, -0.25) is 0 Å². The zero-order valence-electron chi connectivity index (χ0n) is 7.40. The molecule has 0 unspecified atom stereocenters. The van der Waals surface area contributed by atoms with E-state index in [2.05, 4.69) is 9.36 Å². The van der Waals surface area contributed by atoms with E-state index in [1.54, 1.807) is 0 Å². The van der Waals surface area contributed by atoms with Gasteiger partial charge in [-0.2, -0.15) is 4.37 Å². The maximum absolute atomic E-state index is 11.7. The van der Waals surface area contributed by atoms with Crippen molar-refractivity contribution in [1.82, 2.24) is 9.36 Å². The Labute approximate surface area is 89.6 Å². The van der Waals surface area contributed by atoms with Crippen LogP contribution in [-0.2, 0) is 0 Å². The van der Waals surface area contributed by atoms with Crippen LogP contribution in [0.5, 0.6) is 0 Å². The molecule has 0 fully saturated rings. The second-order valence-electron chi connectivity index (χ2n) is 2.52. The topological polar surface area (TPSA) is 25.8 Å². The van der Waals surface area contributed by atoms with Gasteiger partial charge < -0.3 is 0 Å². The molecule has 2 nitrogen and oxygen atoms in total. The first kappa shape index (κ1) is 11.6. The highest BCUT2D eigenvalue weighted by Gasteiger charge is 1.99. The van der Waals surface area contributed by atoms with Crippen LogP contribution in [-0.4, -0.2) is 15.8 Å². The molecule has 6 heteroatoms. The van der Waals surface area contributed by atoms with Crippen LogP contribution in [0.4, 0.5) is 8.78 Å². The van der Waals surface area contributed by atoms with Crippen LogP contribution in [0, 0.1) is 0 Å². The Balaban J connectivity index is 2.04. The van der Waals surface area contributed by atoms with Crippen molar-refractivity contribution in [2.75, 3.05) is 0 Å². The van der Waals surface area contributed by atoms with E-state index < -0.39 is 6.43 Å². The molecule has 1 rings (SSSR count). The van der Waals surface area contributed by atoms with E-state index in [1.165, 1.54) is 29.6 Å². The Morgan fingerprint density at radius 1 is 1.57 bits per heavy atom.